The second-order valence-corrected chi connectivity index (χ2v) is 11.3. The quantitative estimate of drug-likeness (QED) is 0.400. The Balaban J connectivity index is 1.45. The number of urea groups is 1. The Morgan fingerprint density at radius 2 is 1.61 bits per heavy atom. The number of ether oxygens (including phenoxy) is 2. The highest BCUT2D eigenvalue weighted by molar-refractivity contribution is 5.97. The zero-order chi connectivity index (χ0) is 31.7. The van der Waals surface area contributed by atoms with Crippen molar-refractivity contribution in [1.29, 1.82) is 0 Å². The lowest BCUT2D eigenvalue weighted by Gasteiger charge is -2.31. The standard InChI is InChI=1S/C32H38F3N3O6/c1-43-28(39)14-9-22-7-11-26(12-8-22)36-31(42)38(20-29(40)44-21-23-5-3-2-4-6-23)27-13-10-24-15-17-37(18-16-25(24)19-27)30(41)32(33,34)35/h2-6,10,13,19,22,26H,7-9,11-12,14-18,20-21H2,1H3,(H,36,42)/t22-,26-. The van der Waals surface area contributed by atoms with E-state index in [0.29, 0.717) is 23.6 Å². The Kier molecular flexibility index (Phi) is 11.2. The van der Waals surface area contributed by atoms with Crippen molar-refractivity contribution in [3.8, 4) is 0 Å². The van der Waals surface area contributed by atoms with Gasteiger partial charge >= 0.3 is 30.1 Å². The zero-order valence-corrected chi connectivity index (χ0v) is 24.7. The van der Waals surface area contributed by atoms with E-state index < -0.39 is 24.1 Å². The number of hydrogen-bond donors (Lipinski definition) is 1. The maximum absolute atomic E-state index is 13.6. The zero-order valence-electron chi connectivity index (χ0n) is 24.7. The van der Waals surface area contributed by atoms with E-state index in [-0.39, 0.29) is 51.1 Å². The van der Waals surface area contributed by atoms with Gasteiger partial charge in [0.1, 0.15) is 13.2 Å². The highest BCUT2D eigenvalue weighted by Crippen LogP contribution is 2.29. The monoisotopic (exact) mass is 617 g/mol. The first-order valence-electron chi connectivity index (χ1n) is 14.9. The van der Waals surface area contributed by atoms with Crippen LogP contribution in [0.25, 0.3) is 0 Å². The van der Waals surface area contributed by atoms with E-state index in [0.717, 1.165) is 48.1 Å². The summed E-state index contributed by atoms with van der Waals surface area (Å²) in [6, 6.07) is 13.6. The Morgan fingerprint density at radius 1 is 0.932 bits per heavy atom. The topological polar surface area (TPSA) is 105 Å². The fourth-order valence-electron chi connectivity index (χ4n) is 5.73. The number of hydrogen-bond acceptors (Lipinski definition) is 6. The molecule has 0 unspecified atom stereocenters. The van der Waals surface area contributed by atoms with Gasteiger partial charge < -0.3 is 19.7 Å². The summed E-state index contributed by atoms with van der Waals surface area (Å²) in [4.78, 5) is 51.9. The largest absolute Gasteiger partial charge is 0.471 e. The molecule has 0 aromatic heterocycles. The van der Waals surface area contributed by atoms with Crippen molar-refractivity contribution >= 4 is 29.6 Å². The van der Waals surface area contributed by atoms with E-state index in [9.17, 15) is 32.3 Å². The lowest BCUT2D eigenvalue weighted by Crippen LogP contribution is -2.48. The van der Waals surface area contributed by atoms with Crippen molar-refractivity contribution in [1.82, 2.24) is 10.2 Å². The Labute approximate surface area is 254 Å². The van der Waals surface area contributed by atoms with Gasteiger partial charge in [0.15, 0.2) is 0 Å². The Morgan fingerprint density at radius 3 is 2.27 bits per heavy atom. The van der Waals surface area contributed by atoms with Crippen molar-refractivity contribution in [2.24, 2.45) is 5.92 Å². The van der Waals surface area contributed by atoms with Gasteiger partial charge in [0, 0.05) is 31.2 Å². The van der Waals surface area contributed by atoms with Crippen LogP contribution in [0.2, 0.25) is 0 Å². The smallest absolute Gasteiger partial charge is 0.469 e. The fraction of sp³-hybridized carbons (Fsp3) is 0.500. The number of nitrogens with one attached hydrogen (secondary N) is 1. The van der Waals surface area contributed by atoms with Crippen LogP contribution in [0, 0.1) is 5.92 Å². The molecule has 2 aliphatic rings. The third-order valence-electron chi connectivity index (χ3n) is 8.27. The van der Waals surface area contributed by atoms with Gasteiger partial charge in [-0.25, -0.2) is 4.79 Å². The molecule has 3 amide bonds. The van der Waals surface area contributed by atoms with E-state index in [1.54, 1.807) is 18.2 Å². The molecule has 12 heteroatoms. The molecule has 238 valence electrons. The predicted molar refractivity (Wildman–Crippen MR) is 156 cm³/mol. The molecule has 44 heavy (non-hydrogen) atoms. The van der Waals surface area contributed by atoms with Gasteiger partial charge in [0.2, 0.25) is 0 Å². The van der Waals surface area contributed by atoms with E-state index in [1.165, 1.54) is 12.0 Å². The molecule has 0 saturated heterocycles. The highest BCUT2D eigenvalue weighted by Gasteiger charge is 2.42. The molecule has 1 aliphatic heterocycles. The molecule has 1 heterocycles. The first kappa shape index (κ1) is 32.8. The van der Waals surface area contributed by atoms with Crippen LogP contribution in [-0.4, -0.2) is 67.7 Å². The van der Waals surface area contributed by atoms with Crippen LogP contribution in [0.5, 0.6) is 0 Å². The van der Waals surface area contributed by atoms with Gasteiger partial charge in [0.25, 0.3) is 0 Å². The third-order valence-corrected chi connectivity index (χ3v) is 8.27. The number of carbonyl (C=O) groups excluding carboxylic acids is 4. The molecule has 0 atom stereocenters. The van der Waals surface area contributed by atoms with Crippen molar-refractivity contribution < 1.29 is 41.8 Å². The molecule has 2 aromatic rings. The van der Waals surface area contributed by atoms with Gasteiger partial charge in [-0.3, -0.25) is 19.3 Å². The molecular formula is C32H38F3N3O6. The molecule has 4 rings (SSSR count). The molecule has 2 aromatic carbocycles. The Hall–Kier alpha value is -4.09. The number of rotatable bonds is 9. The number of amides is 3. The average Bonchev–Trinajstić information content (AvgIpc) is 3.24. The van der Waals surface area contributed by atoms with Gasteiger partial charge in [-0.05, 0) is 79.7 Å². The third kappa shape index (κ3) is 9.20. The number of halogens is 3. The average molecular weight is 618 g/mol. The van der Waals surface area contributed by atoms with Crippen molar-refractivity contribution in [3.63, 3.8) is 0 Å². The predicted octanol–water partition coefficient (Wildman–Crippen LogP) is 4.95. The summed E-state index contributed by atoms with van der Waals surface area (Å²) in [6.07, 6.45) is -0.326. The van der Waals surface area contributed by atoms with Gasteiger partial charge in [-0.2, -0.15) is 13.2 Å². The number of nitrogens with zero attached hydrogens (tertiary/aromatic N) is 2. The normalized spacial score (nSPS) is 18.4. The first-order valence-corrected chi connectivity index (χ1v) is 14.9. The number of esters is 2. The number of alkyl halides is 3. The summed E-state index contributed by atoms with van der Waals surface area (Å²) in [6.45, 7) is -0.509. The van der Waals surface area contributed by atoms with Crippen LogP contribution in [0.4, 0.5) is 23.7 Å². The van der Waals surface area contributed by atoms with Gasteiger partial charge in [-0.1, -0.05) is 36.4 Å². The molecule has 1 saturated carbocycles. The number of benzene rings is 2. The highest BCUT2D eigenvalue weighted by atomic mass is 19.4. The van der Waals surface area contributed by atoms with Crippen LogP contribution in [0.1, 0.15) is 55.2 Å². The lowest BCUT2D eigenvalue weighted by atomic mass is 9.83. The molecule has 9 nitrogen and oxygen atoms in total. The molecule has 0 bridgehead atoms. The summed E-state index contributed by atoms with van der Waals surface area (Å²) < 4.78 is 49.3. The summed E-state index contributed by atoms with van der Waals surface area (Å²) in [5.74, 6) is -2.37. The van der Waals surface area contributed by atoms with Gasteiger partial charge in [0.05, 0.1) is 7.11 Å². The number of fused-ring (bicyclic) bond motifs is 1. The van der Waals surface area contributed by atoms with Crippen LogP contribution in [-0.2, 0) is 43.3 Å². The molecule has 1 fully saturated rings. The summed E-state index contributed by atoms with van der Waals surface area (Å²) in [7, 11) is 1.37. The van der Waals surface area contributed by atoms with Gasteiger partial charge in [-0.15, -0.1) is 0 Å². The van der Waals surface area contributed by atoms with Crippen molar-refractivity contribution in [3.05, 3.63) is 65.2 Å². The Bertz CT molecular complexity index is 1310. The molecular weight excluding hydrogens is 579 g/mol. The number of methoxy groups -OCH3 is 1. The van der Waals surface area contributed by atoms with E-state index in [4.69, 9.17) is 9.47 Å². The van der Waals surface area contributed by atoms with Crippen LogP contribution < -0.4 is 10.2 Å². The van der Waals surface area contributed by atoms with Crippen molar-refractivity contribution in [2.75, 3.05) is 31.6 Å². The summed E-state index contributed by atoms with van der Waals surface area (Å²) in [5.41, 5.74) is 2.69. The summed E-state index contributed by atoms with van der Waals surface area (Å²) in [5, 5.41) is 3.03. The van der Waals surface area contributed by atoms with Crippen molar-refractivity contribution in [2.45, 2.75) is 70.2 Å². The SMILES string of the molecule is COC(=O)CC[C@H]1CC[C@H](NC(=O)N(CC(=O)OCc2ccccc2)c2ccc3c(c2)CCN(C(=O)C(F)(F)F)CC3)CC1. The van der Waals surface area contributed by atoms with E-state index in [1.807, 2.05) is 30.3 Å². The van der Waals surface area contributed by atoms with E-state index in [2.05, 4.69) is 5.32 Å². The molecule has 0 radical (unpaired) electrons. The second-order valence-electron chi connectivity index (χ2n) is 11.3. The number of carbonyl (C=O) groups is 4. The van der Waals surface area contributed by atoms with Crippen LogP contribution in [0.15, 0.2) is 48.5 Å². The van der Waals surface area contributed by atoms with Crippen LogP contribution in [0.3, 0.4) is 0 Å². The maximum Gasteiger partial charge on any atom is 0.471 e. The molecule has 1 N–H and O–H groups in total. The molecule has 1 aliphatic carbocycles. The number of anilines is 1. The minimum absolute atomic E-state index is 0.0397. The minimum Gasteiger partial charge on any atom is -0.469 e. The van der Waals surface area contributed by atoms with Crippen LogP contribution >= 0.6 is 0 Å². The second kappa shape index (κ2) is 15.1. The fourth-order valence-corrected chi connectivity index (χ4v) is 5.73. The lowest BCUT2D eigenvalue weighted by molar-refractivity contribution is -0.185. The summed E-state index contributed by atoms with van der Waals surface area (Å²) >= 11 is 0. The molecule has 0 spiro atoms. The van der Waals surface area contributed by atoms with E-state index >= 15 is 0 Å². The minimum atomic E-state index is -4.95. The first-order chi connectivity index (χ1) is 21.0. The maximum atomic E-state index is 13.6.